The molecule has 0 aliphatic heterocycles. The zero-order valence-corrected chi connectivity index (χ0v) is 11.2. The lowest BCUT2D eigenvalue weighted by Gasteiger charge is -2.07. The fourth-order valence-electron chi connectivity index (χ4n) is 2.30. The molecule has 0 saturated heterocycles. The van der Waals surface area contributed by atoms with Gasteiger partial charge in [-0.2, -0.15) is 5.10 Å². The fourth-order valence-corrected chi connectivity index (χ4v) is 2.30. The Morgan fingerprint density at radius 2 is 2.48 bits per heavy atom. The normalized spacial score (nSPS) is 13.6. The highest BCUT2D eigenvalue weighted by Crippen LogP contribution is 2.21. The van der Waals surface area contributed by atoms with E-state index in [1.807, 2.05) is 24.4 Å². The number of fused-ring (bicyclic) bond motifs is 1. The average molecular weight is 287 g/mol. The van der Waals surface area contributed by atoms with E-state index in [-0.39, 0.29) is 6.54 Å². The highest BCUT2D eigenvalue weighted by Gasteiger charge is 2.06. The molecule has 0 spiro atoms. The minimum absolute atomic E-state index is 0.0280. The van der Waals surface area contributed by atoms with Crippen LogP contribution in [0.5, 0.6) is 0 Å². The van der Waals surface area contributed by atoms with E-state index in [0.29, 0.717) is 18.0 Å². The molecule has 21 heavy (non-hydrogen) atoms. The number of benzene rings is 1. The second-order valence-corrected chi connectivity index (χ2v) is 4.74. The minimum Gasteiger partial charge on any atom is -0.361 e. The van der Waals surface area contributed by atoms with E-state index >= 15 is 0 Å². The molecule has 1 aromatic carbocycles. The summed E-state index contributed by atoms with van der Waals surface area (Å²) in [6.45, 7) is -1.90. The largest absolute Gasteiger partial charge is 0.361 e. The molecule has 1 N–H and O–H groups in total. The van der Waals surface area contributed by atoms with Gasteiger partial charge in [0.05, 0.1) is 11.8 Å². The van der Waals surface area contributed by atoms with Crippen molar-refractivity contribution < 1.29 is 4.11 Å². The molecular weight excluding hydrogens is 268 g/mol. The molecule has 0 atom stereocenters. The lowest BCUT2D eigenvalue weighted by molar-refractivity contribution is 0.354. The summed E-state index contributed by atoms with van der Waals surface area (Å²) in [6, 6.07) is 5.98. The first-order valence-corrected chi connectivity index (χ1v) is 6.49. The Kier molecular flexibility index (Phi) is 2.76. The van der Waals surface area contributed by atoms with Crippen LogP contribution < -0.4 is 0 Å². The van der Waals surface area contributed by atoms with Crippen molar-refractivity contribution in [3.63, 3.8) is 0 Å². The summed E-state index contributed by atoms with van der Waals surface area (Å²) in [6.07, 6.45) is 5.35. The summed E-state index contributed by atoms with van der Waals surface area (Å²) in [4.78, 5) is 17.8. The van der Waals surface area contributed by atoms with Gasteiger partial charge in [0.25, 0.3) is 0 Å². The van der Waals surface area contributed by atoms with E-state index in [4.69, 9.17) is 4.11 Å². The second kappa shape index (κ2) is 5.74. The Balaban J connectivity index is 1.79. The predicted molar refractivity (Wildman–Crippen MR) is 79.6 cm³/mol. The zero-order chi connectivity index (χ0) is 17.2. The maximum absolute atomic E-state index is 10.7. The van der Waals surface area contributed by atoms with Crippen LogP contribution in [0.1, 0.15) is 15.2 Å². The van der Waals surface area contributed by atoms with E-state index in [2.05, 4.69) is 20.4 Å². The van der Waals surface area contributed by atoms with Crippen molar-refractivity contribution in [2.45, 2.75) is 13.0 Å². The topological polar surface area (TPSA) is 79.2 Å². The SMILES string of the molecule is [2H]C([2H])([2H])N(CCc1c[nH]c2ccc(Cn3cncn3)cc12)N=O. The first kappa shape index (κ1) is 10.1. The van der Waals surface area contributed by atoms with E-state index in [9.17, 15) is 4.91 Å². The molecule has 0 amide bonds. The van der Waals surface area contributed by atoms with Crippen molar-refractivity contribution in [2.75, 3.05) is 13.5 Å². The number of nitrogens with zero attached hydrogens (tertiary/aromatic N) is 5. The van der Waals surface area contributed by atoms with Gasteiger partial charge in [-0.15, -0.1) is 4.91 Å². The Morgan fingerprint density at radius 1 is 1.52 bits per heavy atom. The van der Waals surface area contributed by atoms with E-state index in [0.717, 1.165) is 22.0 Å². The van der Waals surface area contributed by atoms with Crippen molar-refractivity contribution in [1.29, 1.82) is 0 Å². The third-order valence-electron chi connectivity index (χ3n) is 3.33. The third-order valence-corrected chi connectivity index (χ3v) is 3.33. The highest BCUT2D eigenvalue weighted by molar-refractivity contribution is 5.83. The summed E-state index contributed by atoms with van der Waals surface area (Å²) in [5.74, 6) is 0. The van der Waals surface area contributed by atoms with Crippen LogP contribution in [-0.4, -0.2) is 38.3 Å². The predicted octanol–water partition coefficient (Wildman–Crippen LogP) is 1.96. The maximum Gasteiger partial charge on any atom is 0.137 e. The smallest absolute Gasteiger partial charge is 0.137 e. The Bertz CT molecular complexity index is 827. The monoisotopic (exact) mass is 287 g/mol. The quantitative estimate of drug-likeness (QED) is 0.555. The van der Waals surface area contributed by atoms with Crippen molar-refractivity contribution in [3.8, 4) is 0 Å². The van der Waals surface area contributed by atoms with Gasteiger partial charge in [0, 0.05) is 34.7 Å². The van der Waals surface area contributed by atoms with Gasteiger partial charge in [-0.05, 0) is 29.7 Å². The molecular formula is C14H16N6O. The average Bonchev–Trinajstić information content (AvgIpc) is 3.16. The first-order valence-electron chi connectivity index (χ1n) is 7.99. The number of hydrogen-bond acceptors (Lipinski definition) is 4. The highest BCUT2D eigenvalue weighted by atomic mass is 16.3. The number of nitrogens with one attached hydrogen (secondary N) is 1. The van der Waals surface area contributed by atoms with Crippen LogP contribution in [0, 0.1) is 4.91 Å². The van der Waals surface area contributed by atoms with Gasteiger partial charge in [0.1, 0.15) is 12.7 Å². The van der Waals surface area contributed by atoms with Crippen LogP contribution in [0.2, 0.25) is 0 Å². The van der Waals surface area contributed by atoms with Crippen LogP contribution in [0.15, 0.2) is 42.3 Å². The van der Waals surface area contributed by atoms with Crippen LogP contribution in [0.3, 0.4) is 0 Å². The van der Waals surface area contributed by atoms with E-state index < -0.39 is 6.98 Å². The Morgan fingerprint density at radius 3 is 3.24 bits per heavy atom. The molecule has 0 aliphatic carbocycles. The molecule has 2 aromatic heterocycles. The van der Waals surface area contributed by atoms with Crippen LogP contribution in [-0.2, 0) is 13.0 Å². The molecule has 108 valence electrons. The molecule has 0 fully saturated rings. The van der Waals surface area contributed by atoms with Gasteiger partial charge in [0.2, 0.25) is 0 Å². The summed E-state index contributed by atoms with van der Waals surface area (Å²) in [7, 11) is 0. The summed E-state index contributed by atoms with van der Waals surface area (Å²) < 4.78 is 23.5. The molecule has 3 rings (SSSR count). The van der Waals surface area contributed by atoms with Gasteiger partial charge < -0.3 is 4.98 Å². The van der Waals surface area contributed by atoms with Crippen LogP contribution >= 0.6 is 0 Å². The Labute approximate surface area is 125 Å². The van der Waals surface area contributed by atoms with Gasteiger partial charge in [-0.25, -0.2) is 9.67 Å². The van der Waals surface area contributed by atoms with Crippen molar-refractivity contribution >= 4 is 10.9 Å². The van der Waals surface area contributed by atoms with Crippen molar-refractivity contribution in [2.24, 2.45) is 5.29 Å². The molecule has 0 aliphatic rings. The summed E-state index contributed by atoms with van der Waals surface area (Å²) in [5.41, 5.74) is 2.94. The number of aromatic amines is 1. The molecule has 7 heteroatoms. The number of aromatic nitrogens is 4. The number of hydrogen-bond donors (Lipinski definition) is 1. The van der Waals surface area contributed by atoms with Gasteiger partial charge in [0.15, 0.2) is 0 Å². The molecule has 0 saturated carbocycles. The van der Waals surface area contributed by atoms with E-state index in [1.54, 1.807) is 11.0 Å². The van der Waals surface area contributed by atoms with Crippen LogP contribution in [0.25, 0.3) is 10.9 Å². The van der Waals surface area contributed by atoms with Gasteiger partial charge >= 0.3 is 0 Å². The molecule has 0 radical (unpaired) electrons. The number of nitroso groups, excluding NO2 is 1. The minimum atomic E-state index is -2.52. The summed E-state index contributed by atoms with van der Waals surface area (Å²) >= 11 is 0. The van der Waals surface area contributed by atoms with Crippen LogP contribution in [0.4, 0.5) is 0 Å². The van der Waals surface area contributed by atoms with Crippen molar-refractivity contribution in [1.82, 2.24) is 24.8 Å². The number of likely N-dealkylation sites (N-methyl/N-ethyl adjacent to an activating group) is 1. The molecule has 0 unspecified atom stereocenters. The fraction of sp³-hybridized carbons (Fsp3) is 0.286. The molecule has 0 bridgehead atoms. The standard InChI is InChI=1S/C14H16N6O/c1-19(18-21)5-4-12-7-16-14-3-2-11(6-13(12)14)8-20-10-15-9-17-20/h2-3,6-7,9-10,16H,4-5,8H2,1H3/i1D3. The van der Waals surface area contributed by atoms with E-state index in [1.165, 1.54) is 6.33 Å². The second-order valence-electron chi connectivity index (χ2n) is 4.74. The Hall–Kier alpha value is -2.70. The lowest BCUT2D eigenvalue weighted by Crippen LogP contribution is -2.13. The molecule has 7 nitrogen and oxygen atoms in total. The first-order chi connectivity index (χ1) is 11.5. The summed E-state index contributed by atoms with van der Waals surface area (Å²) in [5, 5.41) is 8.26. The number of H-pyrrole nitrogens is 1. The third kappa shape index (κ3) is 2.91. The van der Waals surface area contributed by atoms with Gasteiger partial charge in [-0.1, -0.05) is 6.07 Å². The lowest BCUT2D eigenvalue weighted by atomic mass is 10.1. The van der Waals surface area contributed by atoms with Gasteiger partial charge in [-0.3, -0.25) is 5.01 Å². The maximum atomic E-state index is 10.7. The molecule has 3 aromatic rings. The number of rotatable bonds is 6. The van der Waals surface area contributed by atoms with Crippen molar-refractivity contribution in [3.05, 3.63) is 53.1 Å². The molecule has 2 heterocycles. The zero-order valence-electron chi connectivity index (χ0n) is 14.2.